The summed E-state index contributed by atoms with van der Waals surface area (Å²) >= 11 is 0. The topological polar surface area (TPSA) is 132 Å². The molecule has 3 atom stereocenters. The molecule has 0 unspecified atom stereocenters. The first-order valence-corrected chi connectivity index (χ1v) is 18.6. The van der Waals surface area contributed by atoms with E-state index in [1.165, 1.54) is 12.3 Å². The first-order chi connectivity index (χ1) is 22.2. The van der Waals surface area contributed by atoms with E-state index in [0.29, 0.717) is 50.1 Å². The third-order valence-corrected chi connectivity index (χ3v) is 11.5. The van der Waals surface area contributed by atoms with Crippen LogP contribution in [0.4, 0.5) is 23.3 Å². The van der Waals surface area contributed by atoms with Crippen molar-refractivity contribution in [3.8, 4) is 0 Å². The van der Waals surface area contributed by atoms with Gasteiger partial charge in [0, 0.05) is 66.9 Å². The normalized spacial score (nSPS) is 24.1. The van der Waals surface area contributed by atoms with E-state index in [4.69, 9.17) is 9.97 Å². The first kappa shape index (κ1) is 33.1. The molecule has 0 aliphatic carbocycles. The fourth-order valence-electron chi connectivity index (χ4n) is 7.93. The molecule has 1 aromatic carbocycles. The summed E-state index contributed by atoms with van der Waals surface area (Å²) in [6, 6.07) is 7.98. The van der Waals surface area contributed by atoms with Crippen LogP contribution in [0.5, 0.6) is 0 Å². The van der Waals surface area contributed by atoms with Crippen LogP contribution in [0.15, 0.2) is 49.3 Å². The van der Waals surface area contributed by atoms with Gasteiger partial charge in [-0.25, -0.2) is 18.4 Å². The van der Waals surface area contributed by atoms with Gasteiger partial charge in [0.15, 0.2) is 0 Å². The van der Waals surface area contributed by atoms with E-state index in [1.807, 2.05) is 30.2 Å². The molecule has 11 nitrogen and oxygen atoms in total. The number of likely N-dealkylation sites (tertiary alicyclic amines) is 1. The first-order valence-electron chi connectivity index (χ1n) is 16.6. The van der Waals surface area contributed by atoms with Crippen LogP contribution in [-0.2, 0) is 14.6 Å². The van der Waals surface area contributed by atoms with Gasteiger partial charge in [-0.05, 0) is 95.0 Å². The Labute approximate surface area is 278 Å². The summed E-state index contributed by atoms with van der Waals surface area (Å²) in [6.07, 6.45) is 10.4. The molecule has 0 spiro atoms. The highest BCUT2D eigenvalue weighted by Crippen LogP contribution is 2.49. The number of sulfone groups is 1. The number of anilines is 4. The molecule has 12 heteroatoms. The van der Waals surface area contributed by atoms with Gasteiger partial charge in [0.1, 0.15) is 21.5 Å². The maximum absolute atomic E-state index is 13.0. The largest absolute Gasteiger partial charge is 0.390 e. The fraction of sp³-hybridized carbons (Fsp3) is 0.543. The number of rotatable bonds is 8. The fourth-order valence-corrected chi connectivity index (χ4v) is 9.27. The van der Waals surface area contributed by atoms with Gasteiger partial charge in [0.2, 0.25) is 11.9 Å². The summed E-state index contributed by atoms with van der Waals surface area (Å²) in [7, 11) is -3.14. The zero-order valence-electron chi connectivity index (χ0n) is 28.1. The number of carbonyl (C=O) groups excluding carboxylic acids is 1. The molecule has 3 fully saturated rings. The molecular formula is C35H47N7O4S. The molecule has 0 bridgehead atoms. The Kier molecular flexibility index (Phi) is 8.71. The van der Waals surface area contributed by atoms with Gasteiger partial charge in [0.05, 0.1) is 17.4 Å². The number of hydrogen-bond acceptors (Lipinski definition) is 10. The standard InChI is InChI=1S/C35H47N7O4S/c1-7-32(43)41-17-9-8-10-28(41)24-11-12-29(42-23(2)27(34(42,3)4)22-47(6,45)46)26-21-37-31(20-25(24)26)38-30-13-16-36-33(39-30)40-18-14-35(5,44)15-19-40/h7,11-13,16,20-21,23,27-28,44H,1,8-10,14-15,17-19,22H2,2-6H3,(H,36,37,38,39)/t23-,27-,28-/m1/s1. The van der Waals surface area contributed by atoms with Crippen LogP contribution in [0.25, 0.3) is 10.8 Å². The molecule has 47 heavy (non-hydrogen) atoms. The third kappa shape index (κ3) is 6.54. The molecule has 3 aliphatic heterocycles. The quantitative estimate of drug-likeness (QED) is 0.318. The maximum Gasteiger partial charge on any atom is 0.246 e. The Morgan fingerprint density at radius 3 is 2.51 bits per heavy atom. The van der Waals surface area contributed by atoms with Crippen LogP contribution in [0, 0.1) is 5.92 Å². The molecule has 3 saturated heterocycles. The average Bonchev–Trinajstić information content (AvgIpc) is 3.03. The lowest BCUT2D eigenvalue weighted by Gasteiger charge is -2.62. The third-order valence-electron chi connectivity index (χ3n) is 10.5. The minimum absolute atomic E-state index is 0.0121. The van der Waals surface area contributed by atoms with Crippen molar-refractivity contribution in [2.75, 3.05) is 46.8 Å². The van der Waals surface area contributed by atoms with Crippen LogP contribution >= 0.6 is 0 Å². The summed E-state index contributed by atoms with van der Waals surface area (Å²) < 4.78 is 24.6. The smallest absolute Gasteiger partial charge is 0.246 e. The van der Waals surface area contributed by atoms with Gasteiger partial charge in [-0.3, -0.25) is 4.79 Å². The zero-order valence-corrected chi connectivity index (χ0v) is 28.9. The molecule has 3 aromatic rings. The summed E-state index contributed by atoms with van der Waals surface area (Å²) in [5.74, 6) is 1.88. The Morgan fingerprint density at radius 2 is 1.83 bits per heavy atom. The Bertz CT molecular complexity index is 1780. The molecule has 252 valence electrons. The number of aromatic nitrogens is 3. The SMILES string of the molecule is C=CC(=O)N1CCCC[C@@H]1c1ccc(N2[C@H](C)[C@@H](CS(C)(=O)=O)C2(C)C)c2cnc(Nc3ccnc(N4CCC(C)(O)CC4)n3)cc12. The van der Waals surface area contributed by atoms with Crippen LogP contribution in [0.2, 0.25) is 0 Å². The van der Waals surface area contributed by atoms with Crippen molar-refractivity contribution in [2.45, 2.75) is 83.0 Å². The Hall–Kier alpha value is -3.77. The van der Waals surface area contributed by atoms with Crippen molar-refractivity contribution < 1.29 is 18.3 Å². The van der Waals surface area contributed by atoms with Gasteiger partial charge in [0.25, 0.3) is 0 Å². The van der Waals surface area contributed by atoms with Crippen LogP contribution in [0.3, 0.4) is 0 Å². The molecule has 0 saturated carbocycles. The lowest BCUT2D eigenvalue weighted by Crippen LogP contribution is -2.71. The molecule has 2 N–H and O–H groups in total. The lowest BCUT2D eigenvalue weighted by atomic mass is 9.71. The Balaban J connectivity index is 1.39. The predicted octanol–water partition coefficient (Wildman–Crippen LogP) is 5.01. The van der Waals surface area contributed by atoms with Crippen LogP contribution in [-0.4, -0.2) is 88.1 Å². The second-order valence-corrected chi connectivity index (χ2v) is 16.5. The maximum atomic E-state index is 13.0. The predicted molar refractivity (Wildman–Crippen MR) is 187 cm³/mol. The number of aliphatic hydroxyl groups is 1. The van der Waals surface area contributed by atoms with Gasteiger partial charge in [-0.2, -0.15) is 4.98 Å². The number of hydrogen-bond donors (Lipinski definition) is 2. The Morgan fingerprint density at radius 1 is 1.09 bits per heavy atom. The minimum Gasteiger partial charge on any atom is -0.390 e. The number of piperidine rings is 2. The lowest BCUT2D eigenvalue weighted by molar-refractivity contribution is -0.129. The van der Waals surface area contributed by atoms with Gasteiger partial charge in [-0.15, -0.1) is 0 Å². The van der Waals surface area contributed by atoms with E-state index >= 15 is 0 Å². The molecular weight excluding hydrogens is 614 g/mol. The van der Waals surface area contributed by atoms with Crippen LogP contribution < -0.4 is 15.1 Å². The number of nitrogens with zero attached hydrogens (tertiary/aromatic N) is 6. The number of benzene rings is 1. The molecule has 5 heterocycles. The van der Waals surface area contributed by atoms with Crippen molar-refractivity contribution in [3.63, 3.8) is 0 Å². The van der Waals surface area contributed by atoms with E-state index in [1.54, 1.807) is 6.20 Å². The van der Waals surface area contributed by atoms with Crippen molar-refractivity contribution >= 4 is 49.8 Å². The number of nitrogens with one attached hydrogen (secondary N) is 1. The van der Waals surface area contributed by atoms with Gasteiger partial charge < -0.3 is 25.1 Å². The van der Waals surface area contributed by atoms with E-state index < -0.39 is 15.4 Å². The second-order valence-electron chi connectivity index (χ2n) is 14.4. The van der Waals surface area contributed by atoms with Crippen LogP contribution in [0.1, 0.15) is 71.4 Å². The van der Waals surface area contributed by atoms with Gasteiger partial charge >= 0.3 is 0 Å². The molecule has 0 radical (unpaired) electrons. The monoisotopic (exact) mass is 661 g/mol. The summed E-state index contributed by atoms with van der Waals surface area (Å²) in [4.78, 5) is 33.4. The van der Waals surface area contributed by atoms with E-state index in [2.05, 4.69) is 59.6 Å². The van der Waals surface area contributed by atoms with Crippen molar-refractivity contribution in [2.24, 2.45) is 5.92 Å². The number of pyridine rings is 1. The average molecular weight is 662 g/mol. The number of amides is 1. The van der Waals surface area contributed by atoms with Crippen molar-refractivity contribution in [3.05, 3.63) is 54.9 Å². The van der Waals surface area contributed by atoms with Crippen molar-refractivity contribution in [1.29, 1.82) is 0 Å². The molecule has 3 aliphatic rings. The molecule has 2 aromatic heterocycles. The van der Waals surface area contributed by atoms with Crippen molar-refractivity contribution in [1.82, 2.24) is 19.9 Å². The minimum atomic E-state index is -3.14. The van der Waals surface area contributed by atoms with E-state index in [-0.39, 0.29) is 35.2 Å². The number of fused-ring (bicyclic) bond motifs is 1. The summed E-state index contributed by atoms with van der Waals surface area (Å²) in [5, 5.41) is 15.7. The second kappa shape index (κ2) is 12.4. The summed E-state index contributed by atoms with van der Waals surface area (Å²) in [6.45, 7) is 13.9. The molecule has 1 amide bonds. The number of carbonyl (C=O) groups is 1. The highest BCUT2D eigenvalue weighted by Gasteiger charge is 2.53. The zero-order chi connectivity index (χ0) is 33.7. The summed E-state index contributed by atoms with van der Waals surface area (Å²) in [5.41, 5.74) is 0.988. The highest BCUT2D eigenvalue weighted by molar-refractivity contribution is 7.90. The van der Waals surface area contributed by atoms with Gasteiger partial charge in [-0.1, -0.05) is 12.6 Å². The highest BCUT2D eigenvalue weighted by atomic mass is 32.2. The van der Waals surface area contributed by atoms with E-state index in [0.717, 1.165) is 41.3 Å². The molecule has 6 rings (SSSR count). The van der Waals surface area contributed by atoms with E-state index in [9.17, 15) is 18.3 Å².